The van der Waals surface area contributed by atoms with Crippen molar-refractivity contribution in [1.82, 2.24) is 0 Å². The maximum Gasteiger partial charge on any atom is 0.334 e. The van der Waals surface area contributed by atoms with Crippen LogP contribution in [0.25, 0.3) is 0 Å². The fourth-order valence-electron chi connectivity index (χ4n) is 7.80. The van der Waals surface area contributed by atoms with Crippen LogP contribution in [0.5, 0.6) is 0 Å². The van der Waals surface area contributed by atoms with E-state index < -0.39 is 28.2 Å². The van der Waals surface area contributed by atoms with Crippen LogP contribution in [0.1, 0.15) is 60.8 Å². The lowest BCUT2D eigenvalue weighted by molar-refractivity contribution is -0.136. The van der Waals surface area contributed by atoms with Crippen molar-refractivity contribution in [1.29, 1.82) is 0 Å². The third-order valence-corrected chi connectivity index (χ3v) is 19.9. The molecule has 7 heteroatoms. The van der Waals surface area contributed by atoms with Crippen molar-refractivity contribution in [3.8, 4) is 0 Å². The number of fused-ring (bicyclic) bond motifs is 2. The topological polar surface area (TPSA) is 61.8 Å². The third kappa shape index (κ3) is 5.70. The van der Waals surface area contributed by atoms with Crippen LogP contribution in [0.15, 0.2) is 84.5 Å². The lowest BCUT2D eigenvalue weighted by Gasteiger charge is -2.43. The van der Waals surface area contributed by atoms with Gasteiger partial charge in [0, 0.05) is 30.1 Å². The second-order valence-corrected chi connectivity index (χ2v) is 22.1. The van der Waals surface area contributed by atoms with Gasteiger partial charge in [-0.2, -0.15) is 0 Å². The minimum absolute atomic E-state index is 0.0215. The lowest BCUT2D eigenvalue weighted by Crippen LogP contribution is -2.66. The molecule has 0 amide bonds. The molecule has 0 radical (unpaired) electrons. The average molecular weight is 619 g/mol. The molecular weight excluding hydrogens is 569 g/mol. The zero-order valence-electron chi connectivity index (χ0n) is 27.2. The molecule has 3 atom stereocenters. The monoisotopic (exact) mass is 618 g/mol. The Kier molecular flexibility index (Phi) is 10.2. The molecule has 0 aliphatic heterocycles. The Balaban J connectivity index is 1.76. The van der Waals surface area contributed by atoms with Gasteiger partial charge in [-0.3, -0.25) is 4.79 Å². The van der Waals surface area contributed by atoms with Crippen molar-refractivity contribution < 1.29 is 23.2 Å². The average Bonchev–Trinajstić information content (AvgIpc) is 3.49. The van der Waals surface area contributed by atoms with Gasteiger partial charge in [-0.1, -0.05) is 108 Å². The summed E-state index contributed by atoms with van der Waals surface area (Å²) < 4.78 is 19.6. The number of ether oxygens (including phenoxy) is 1. The van der Waals surface area contributed by atoms with Crippen LogP contribution in [0.3, 0.4) is 0 Å². The molecular formula is C36H50O5Si2. The molecule has 2 fully saturated rings. The predicted octanol–water partition coefficient (Wildman–Crippen LogP) is 6.98. The maximum atomic E-state index is 14.1. The van der Waals surface area contributed by atoms with E-state index in [1.807, 2.05) is 18.2 Å². The largest absolute Gasteiger partial charge is 0.466 e. The van der Waals surface area contributed by atoms with Crippen molar-refractivity contribution in [2.24, 2.45) is 11.8 Å². The van der Waals surface area contributed by atoms with E-state index in [0.717, 1.165) is 31.0 Å². The highest BCUT2D eigenvalue weighted by Gasteiger charge is 2.63. The molecule has 2 aliphatic carbocycles. The Morgan fingerprint density at radius 2 is 1.44 bits per heavy atom. The molecule has 2 aromatic carbocycles. The van der Waals surface area contributed by atoms with Gasteiger partial charge in [0.25, 0.3) is 8.32 Å². The molecule has 5 nitrogen and oxygen atoms in total. The summed E-state index contributed by atoms with van der Waals surface area (Å²) >= 11 is 0. The number of esters is 1. The molecule has 0 spiro atoms. The summed E-state index contributed by atoms with van der Waals surface area (Å²) in [6.45, 7) is 17.8. The smallest absolute Gasteiger partial charge is 0.334 e. The quantitative estimate of drug-likeness (QED) is 0.105. The summed E-state index contributed by atoms with van der Waals surface area (Å²) in [5.41, 5.74) is 0.267. The van der Waals surface area contributed by atoms with Crippen LogP contribution in [-0.2, 0) is 23.2 Å². The van der Waals surface area contributed by atoms with Gasteiger partial charge in [-0.15, -0.1) is 6.58 Å². The number of rotatable bonds is 13. The summed E-state index contributed by atoms with van der Waals surface area (Å²) in [6, 6.07) is 23.9. The molecule has 2 bridgehead atoms. The number of hydrogen-bond donors (Lipinski definition) is 0. The number of carbonyl (C=O) groups is 2. The highest BCUT2D eigenvalue weighted by atomic mass is 28.4. The first kappa shape index (κ1) is 33.3. The van der Waals surface area contributed by atoms with E-state index in [1.54, 1.807) is 0 Å². The number of carbonyl (C=O) groups excluding carboxylic acids is 2. The standard InChI is InChI=1S/C36H50O5Si2/c1-9-36(41-42(10-2,11-3)12-4)30-23-24-31(36)33(37)32(30)29(34(38)39-8)25-26-40-43(35(5,6)7,27-19-15-13-16-20-27)28-21-17-14-18-22-28/h9,13-22,30-31H,1,10-12,23-26H2,2-8H3/b32-29-/t30-,31+,36-/m0/s1. The maximum absolute atomic E-state index is 14.1. The Morgan fingerprint density at radius 1 is 0.930 bits per heavy atom. The molecule has 2 saturated carbocycles. The van der Waals surface area contributed by atoms with E-state index in [2.05, 4.69) is 96.7 Å². The van der Waals surface area contributed by atoms with Crippen molar-refractivity contribution in [2.45, 2.75) is 89.6 Å². The van der Waals surface area contributed by atoms with Gasteiger partial charge in [0.15, 0.2) is 14.1 Å². The third-order valence-electron chi connectivity index (χ3n) is 10.3. The van der Waals surface area contributed by atoms with Crippen molar-refractivity contribution >= 4 is 38.8 Å². The predicted molar refractivity (Wildman–Crippen MR) is 180 cm³/mol. The van der Waals surface area contributed by atoms with Gasteiger partial charge in [0.2, 0.25) is 0 Å². The van der Waals surface area contributed by atoms with Gasteiger partial charge < -0.3 is 13.6 Å². The minimum atomic E-state index is -2.81. The van der Waals surface area contributed by atoms with Crippen molar-refractivity contribution in [3.63, 3.8) is 0 Å². The van der Waals surface area contributed by atoms with Gasteiger partial charge >= 0.3 is 5.97 Å². The Morgan fingerprint density at radius 3 is 1.88 bits per heavy atom. The van der Waals surface area contributed by atoms with Crippen LogP contribution in [0.2, 0.25) is 23.2 Å². The molecule has 4 rings (SSSR count). The van der Waals surface area contributed by atoms with Crippen LogP contribution in [-0.4, -0.2) is 47.7 Å². The fourth-order valence-corrected chi connectivity index (χ4v) is 15.4. The number of hydrogen-bond acceptors (Lipinski definition) is 5. The minimum Gasteiger partial charge on any atom is -0.466 e. The Hall–Kier alpha value is -2.59. The number of methoxy groups -OCH3 is 1. The van der Waals surface area contributed by atoms with E-state index in [1.165, 1.54) is 17.5 Å². The summed E-state index contributed by atoms with van der Waals surface area (Å²) in [5, 5.41) is 2.16. The normalized spacial score (nSPS) is 23.4. The molecule has 2 aromatic rings. The van der Waals surface area contributed by atoms with Crippen LogP contribution in [0, 0.1) is 11.8 Å². The number of Topliss-reactive ketones (excluding diaryl/α,β-unsaturated/α-hetero) is 1. The molecule has 0 aromatic heterocycles. The van der Waals surface area contributed by atoms with Gasteiger partial charge in [-0.25, -0.2) is 4.79 Å². The van der Waals surface area contributed by atoms with Crippen molar-refractivity contribution in [2.75, 3.05) is 13.7 Å². The van der Waals surface area contributed by atoms with E-state index in [-0.39, 0.29) is 22.7 Å². The first-order chi connectivity index (χ1) is 20.5. The second-order valence-electron chi connectivity index (χ2n) is 13.1. The highest BCUT2D eigenvalue weighted by Crippen LogP contribution is 2.58. The Labute approximate surface area is 261 Å². The van der Waals surface area contributed by atoms with E-state index in [0.29, 0.717) is 24.2 Å². The first-order valence-electron chi connectivity index (χ1n) is 15.9. The van der Waals surface area contributed by atoms with E-state index >= 15 is 0 Å². The SMILES string of the molecule is C=C[C@@]1(O[Si](CC)(CC)CC)[C@@H]2CC[C@H]1/C(=C(\CCO[Si](c1ccccc1)(c1ccccc1)C(C)(C)C)C(=O)OC)C2=O. The summed E-state index contributed by atoms with van der Waals surface area (Å²) in [6.07, 6.45) is 3.74. The molecule has 0 saturated heterocycles. The van der Waals surface area contributed by atoms with E-state index in [9.17, 15) is 9.59 Å². The number of ketones is 1. The van der Waals surface area contributed by atoms with Gasteiger partial charge in [-0.05, 0) is 46.4 Å². The number of benzene rings is 2. The van der Waals surface area contributed by atoms with Crippen molar-refractivity contribution in [3.05, 3.63) is 84.5 Å². The summed E-state index contributed by atoms with van der Waals surface area (Å²) in [5.74, 6) is -0.933. The van der Waals surface area contributed by atoms with Gasteiger partial charge in [0.1, 0.15) is 0 Å². The summed E-state index contributed by atoms with van der Waals surface area (Å²) in [4.78, 5) is 27.5. The molecule has 232 valence electrons. The molecule has 0 heterocycles. The lowest BCUT2D eigenvalue weighted by atomic mass is 9.87. The second kappa shape index (κ2) is 13.2. The van der Waals surface area contributed by atoms with E-state index in [4.69, 9.17) is 13.6 Å². The van der Waals surface area contributed by atoms with Gasteiger partial charge in [0.05, 0.1) is 18.6 Å². The molecule has 2 aliphatic rings. The molecule has 0 N–H and O–H groups in total. The summed E-state index contributed by atoms with van der Waals surface area (Å²) in [7, 11) is -3.49. The van der Waals surface area contributed by atoms with Crippen LogP contribution in [0.4, 0.5) is 0 Å². The van der Waals surface area contributed by atoms with Crippen LogP contribution < -0.4 is 10.4 Å². The highest BCUT2D eigenvalue weighted by molar-refractivity contribution is 6.99. The fraction of sp³-hybridized carbons (Fsp3) is 0.500. The molecule has 0 unspecified atom stereocenters. The zero-order chi connectivity index (χ0) is 31.5. The van der Waals surface area contributed by atoms with Crippen LogP contribution >= 0.6 is 0 Å². The zero-order valence-corrected chi connectivity index (χ0v) is 29.2. The Bertz CT molecular complexity index is 1280. The molecule has 43 heavy (non-hydrogen) atoms. The first-order valence-corrected chi connectivity index (χ1v) is 20.4.